The van der Waals surface area contributed by atoms with Gasteiger partial charge in [-0.2, -0.15) is 0 Å². The van der Waals surface area contributed by atoms with Crippen LogP contribution in [0.15, 0.2) is 29.2 Å². The zero-order valence-corrected chi connectivity index (χ0v) is 11.5. The largest absolute Gasteiger partial charge is 0.399 e. The van der Waals surface area contributed by atoms with E-state index >= 15 is 0 Å². The molecule has 0 amide bonds. The summed E-state index contributed by atoms with van der Waals surface area (Å²) in [6.07, 6.45) is 0.0277. The minimum atomic E-state index is -3.65. The van der Waals surface area contributed by atoms with Gasteiger partial charge in [-0.25, -0.2) is 13.1 Å². The molecule has 0 aromatic heterocycles. The van der Waals surface area contributed by atoms with Crippen LogP contribution in [0.1, 0.15) is 13.3 Å². The summed E-state index contributed by atoms with van der Waals surface area (Å²) in [5.74, 6) is 0. The molecule has 1 aromatic rings. The molecule has 1 heterocycles. The Morgan fingerprint density at radius 1 is 1.47 bits per heavy atom. The van der Waals surface area contributed by atoms with Gasteiger partial charge in [-0.1, -0.05) is 0 Å². The standard InChI is InChI=1S/C12H18N2O4S/c1-9-12(15,6-7-18-9)8-14-19(16,17)11-4-2-10(13)3-5-11/h2-5,9,14-15H,6-8,13H2,1H3. The van der Waals surface area contributed by atoms with Crippen molar-refractivity contribution in [3.8, 4) is 0 Å². The minimum Gasteiger partial charge on any atom is -0.399 e. The molecule has 1 aliphatic heterocycles. The first-order valence-corrected chi connectivity index (χ1v) is 7.51. The number of anilines is 1. The Bertz CT molecular complexity index is 543. The molecule has 0 spiro atoms. The summed E-state index contributed by atoms with van der Waals surface area (Å²) in [6, 6.07) is 5.89. The molecule has 1 aromatic carbocycles. The topological polar surface area (TPSA) is 102 Å². The van der Waals surface area contributed by atoms with E-state index in [0.717, 1.165) is 0 Å². The van der Waals surface area contributed by atoms with E-state index in [2.05, 4.69) is 4.72 Å². The van der Waals surface area contributed by atoms with Crippen molar-refractivity contribution in [1.82, 2.24) is 4.72 Å². The number of rotatable bonds is 4. The lowest BCUT2D eigenvalue weighted by Crippen LogP contribution is -2.47. The summed E-state index contributed by atoms with van der Waals surface area (Å²) in [6.45, 7) is 2.09. The zero-order valence-electron chi connectivity index (χ0n) is 10.7. The van der Waals surface area contributed by atoms with Crippen molar-refractivity contribution in [1.29, 1.82) is 0 Å². The third kappa shape index (κ3) is 3.06. The van der Waals surface area contributed by atoms with Crippen molar-refractivity contribution in [2.24, 2.45) is 0 Å². The second kappa shape index (κ2) is 5.09. The number of hydrogen-bond donors (Lipinski definition) is 3. The highest BCUT2D eigenvalue weighted by atomic mass is 32.2. The Morgan fingerprint density at radius 2 is 2.11 bits per heavy atom. The van der Waals surface area contributed by atoms with Gasteiger partial charge in [-0.05, 0) is 31.2 Å². The van der Waals surface area contributed by atoms with Gasteiger partial charge < -0.3 is 15.6 Å². The highest BCUT2D eigenvalue weighted by Crippen LogP contribution is 2.25. The van der Waals surface area contributed by atoms with E-state index in [1.807, 2.05) is 0 Å². The molecule has 1 fully saturated rings. The maximum absolute atomic E-state index is 12.0. The molecular weight excluding hydrogens is 268 g/mol. The van der Waals surface area contributed by atoms with Gasteiger partial charge in [-0.3, -0.25) is 0 Å². The number of nitrogen functional groups attached to an aromatic ring is 1. The number of aliphatic hydroxyl groups is 1. The van der Waals surface area contributed by atoms with Gasteiger partial charge >= 0.3 is 0 Å². The summed E-state index contributed by atoms with van der Waals surface area (Å²) >= 11 is 0. The summed E-state index contributed by atoms with van der Waals surface area (Å²) in [4.78, 5) is 0.122. The van der Waals surface area contributed by atoms with Gasteiger partial charge in [0.05, 0.1) is 11.0 Å². The van der Waals surface area contributed by atoms with Crippen molar-refractivity contribution >= 4 is 15.7 Å². The normalized spacial score (nSPS) is 27.6. The molecule has 4 N–H and O–H groups in total. The van der Waals surface area contributed by atoms with E-state index in [0.29, 0.717) is 18.7 Å². The van der Waals surface area contributed by atoms with Gasteiger partial charge in [0.2, 0.25) is 10.0 Å². The average molecular weight is 286 g/mol. The lowest BCUT2D eigenvalue weighted by molar-refractivity contribution is -0.0228. The van der Waals surface area contributed by atoms with Crippen molar-refractivity contribution in [2.75, 3.05) is 18.9 Å². The molecule has 0 saturated carbocycles. The number of nitrogens with one attached hydrogen (secondary N) is 1. The maximum Gasteiger partial charge on any atom is 0.240 e. The second-order valence-electron chi connectivity index (χ2n) is 4.76. The lowest BCUT2D eigenvalue weighted by Gasteiger charge is -2.26. The Morgan fingerprint density at radius 3 is 2.63 bits per heavy atom. The Labute approximate surface area is 112 Å². The Kier molecular flexibility index (Phi) is 3.82. The van der Waals surface area contributed by atoms with Crippen LogP contribution in [0.5, 0.6) is 0 Å². The highest BCUT2D eigenvalue weighted by Gasteiger charge is 2.40. The Balaban J connectivity index is 2.08. The number of benzene rings is 1. The number of sulfonamides is 1. The van der Waals surface area contributed by atoms with Crippen LogP contribution in [0.2, 0.25) is 0 Å². The smallest absolute Gasteiger partial charge is 0.240 e. The number of hydrogen-bond acceptors (Lipinski definition) is 5. The van der Waals surface area contributed by atoms with E-state index in [-0.39, 0.29) is 17.5 Å². The van der Waals surface area contributed by atoms with Gasteiger partial charge in [-0.15, -0.1) is 0 Å². The monoisotopic (exact) mass is 286 g/mol. The SMILES string of the molecule is CC1OCCC1(O)CNS(=O)(=O)c1ccc(N)cc1. The van der Waals surface area contributed by atoms with Gasteiger partial charge in [0.25, 0.3) is 0 Å². The third-order valence-electron chi connectivity index (χ3n) is 3.42. The van der Waals surface area contributed by atoms with Crippen molar-refractivity contribution < 1.29 is 18.3 Å². The number of ether oxygens (including phenoxy) is 1. The van der Waals surface area contributed by atoms with Crippen LogP contribution in [-0.2, 0) is 14.8 Å². The molecule has 2 unspecified atom stereocenters. The third-order valence-corrected chi connectivity index (χ3v) is 4.84. The molecule has 1 aliphatic rings. The van der Waals surface area contributed by atoms with E-state index in [4.69, 9.17) is 10.5 Å². The molecule has 0 aliphatic carbocycles. The summed E-state index contributed by atoms with van der Waals surface area (Å²) in [5.41, 5.74) is 4.85. The summed E-state index contributed by atoms with van der Waals surface area (Å²) < 4.78 is 31.8. The van der Waals surface area contributed by atoms with E-state index < -0.39 is 15.6 Å². The molecular formula is C12H18N2O4S. The Hall–Kier alpha value is -1.15. The predicted molar refractivity (Wildman–Crippen MR) is 71.0 cm³/mol. The van der Waals surface area contributed by atoms with Crippen LogP contribution in [-0.4, -0.2) is 38.4 Å². The molecule has 19 heavy (non-hydrogen) atoms. The van der Waals surface area contributed by atoms with Crippen LogP contribution in [0.3, 0.4) is 0 Å². The zero-order chi connectivity index (χ0) is 14.1. The molecule has 2 rings (SSSR count). The second-order valence-corrected chi connectivity index (χ2v) is 6.53. The van der Waals surface area contributed by atoms with Crippen molar-refractivity contribution in [3.05, 3.63) is 24.3 Å². The first kappa shape index (κ1) is 14.3. The predicted octanol–water partition coefficient (Wildman–Crippen LogP) is 0.0870. The molecule has 1 saturated heterocycles. The quantitative estimate of drug-likeness (QED) is 0.681. The average Bonchev–Trinajstić information content (AvgIpc) is 2.69. The molecule has 106 valence electrons. The van der Waals surface area contributed by atoms with E-state index in [1.165, 1.54) is 24.3 Å². The molecule has 2 atom stereocenters. The lowest BCUT2D eigenvalue weighted by atomic mass is 9.97. The van der Waals surface area contributed by atoms with Gasteiger partial charge in [0, 0.05) is 25.3 Å². The van der Waals surface area contributed by atoms with Crippen molar-refractivity contribution in [2.45, 2.75) is 29.9 Å². The summed E-state index contributed by atoms with van der Waals surface area (Å²) in [5, 5.41) is 10.2. The van der Waals surface area contributed by atoms with Crippen LogP contribution >= 0.6 is 0 Å². The fourth-order valence-electron chi connectivity index (χ4n) is 1.95. The minimum absolute atomic E-state index is 0.0686. The van der Waals surface area contributed by atoms with Gasteiger partial charge in [0.15, 0.2) is 0 Å². The summed E-state index contributed by atoms with van der Waals surface area (Å²) in [7, 11) is -3.65. The molecule has 6 nitrogen and oxygen atoms in total. The van der Waals surface area contributed by atoms with E-state index in [9.17, 15) is 13.5 Å². The fourth-order valence-corrected chi connectivity index (χ4v) is 3.05. The first-order valence-electron chi connectivity index (χ1n) is 6.03. The number of nitrogens with two attached hydrogens (primary N) is 1. The van der Waals surface area contributed by atoms with Crippen molar-refractivity contribution in [3.63, 3.8) is 0 Å². The highest BCUT2D eigenvalue weighted by molar-refractivity contribution is 7.89. The van der Waals surface area contributed by atoms with Crippen LogP contribution in [0, 0.1) is 0 Å². The van der Waals surface area contributed by atoms with Gasteiger partial charge in [0.1, 0.15) is 5.60 Å². The fraction of sp³-hybridized carbons (Fsp3) is 0.500. The van der Waals surface area contributed by atoms with Crippen LogP contribution in [0.4, 0.5) is 5.69 Å². The molecule has 0 bridgehead atoms. The molecule has 7 heteroatoms. The van der Waals surface area contributed by atoms with Crippen LogP contribution < -0.4 is 10.5 Å². The van der Waals surface area contributed by atoms with Crippen LogP contribution in [0.25, 0.3) is 0 Å². The molecule has 0 radical (unpaired) electrons. The first-order chi connectivity index (χ1) is 8.83. The maximum atomic E-state index is 12.0. The van der Waals surface area contributed by atoms with E-state index in [1.54, 1.807) is 6.92 Å².